The molecule has 1 amide bonds. The zero-order chi connectivity index (χ0) is 24.0. The maximum Gasteiger partial charge on any atom is 0.257 e. The van der Waals surface area contributed by atoms with E-state index in [9.17, 15) is 4.79 Å². The van der Waals surface area contributed by atoms with E-state index in [1.54, 1.807) is 6.07 Å². The first-order chi connectivity index (χ1) is 15.9. The molecule has 2 aromatic rings. The number of ether oxygens (including phenoxy) is 4. The number of nitrogens with zero attached hydrogens (tertiary/aromatic N) is 1. The molecule has 2 N–H and O–H groups in total. The number of benzene rings is 2. The van der Waals surface area contributed by atoms with Gasteiger partial charge < -0.3 is 29.6 Å². The van der Waals surface area contributed by atoms with Crippen LogP contribution in [0.2, 0.25) is 0 Å². The Hall–Kier alpha value is -2.93. The van der Waals surface area contributed by atoms with Gasteiger partial charge in [0.25, 0.3) is 5.91 Å². The predicted octanol–water partition coefficient (Wildman–Crippen LogP) is 4.66. The van der Waals surface area contributed by atoms with E-state index < -0.39 is 0 Å². The van der Waals surface area contributed by atoms with Gasteiger partial charge in [0.2, 0.25) is 11.5 Å². The van der Waals surface area contributed by atoms with Gasteiger partial charge in [-0.3, -0.25) is 4.79 Å². The lowest BCUT2D eigenvalue weighted by Gasteiger charge is -2.40. The lowest BCUT2D eigenvalue weighted by molar-refractivity contribution is 0.0538. The van der Waals surface area contributed by atoms with E-state index in [1.807, 2.05) is 29.2 Å². The molecular formula is C26H36N2O5. The normalized spacial score (nSPS) is 18.1. The van der Waals surface area contributed by atoms with Gasteiger partial charge in [0.1, 0.15) is 5.75 Å². The second-order valence-electron chi connectivity index (χ2n) is 8.80. The minimum atomic E-state index is -0.102. The summed E-state index contributed by atoms with van der Waals surface area (Å²) in [5.41, 5.74) is 7.28. The van der Waals surface area contributed by atoms with Crippen LogP contribution in [0.3, 0.4) is 0 Å². The molecule has 3 rings (SSSR count). The quantitative estimate of drug-likeness (QED) is 0.591. The second-order valence-corrected chi connectivity index (χ2v) is 8.80. The molecular weight excluding hydrogens is 420 g/mol. The number of nitrogens with two attached hydrogens (primary N) is 1. The number of hydrogen-bond donors (Lipinski definition) is 1. The number of amides is 1. The van der Waals surface area contributed by atoms with Gasteiger partial charge in [-0.25, -0.2) is 0 Å². The molecule has 1 atom stereocenters. The Labute approximate surface area is 196 Å². The predicted molar refractivity (Wildman–Crippen MR) is 129 cm³/mol. The van der Waals surface area contributed by atoms with Crippen LogP contribution >= 0.6 is 0 Å². The minimum Gasteiger partial charge on any atom is -0.492 e. The molecule has 33 heavy (non-hydrogen) atoms. The topological polar surface area (TPSA) is 83.3 Å². The largest absolute Gasteiger partial charge is 0.492 e. The Kier molecular flexibility index (Phi) is 8.08. The summed E-state index contributed by atoms with van der Waals surface area (Å²) in [6.07, 6.45) is 3.91. The number of carbonyl (C=O) groups is 1. The number of carbonyl (C=O) groups excluding carboxylic acids is 1. The molecule has 2 aromatic carbocycles. The van der Waals surface area contributed by atoms with Crippen molar-refractivity contribution in [3.05, 3.63) is 41.5 Å². The first kappa shape index (κ1) is 24.7. The van der Waals surface area contributed by atoms with Crippen LogP contribution in [0.15, 0.2) is 30.3 Å². The Morgan fingerprint density at radius 1 is 1.06 bits per heavy atom. The van der Waals surface area contributed by atoms with E-state index in [0.29, 0.717) is 53.9 Å². The first-order valence-electron chi connectivity index (χ1n) is 11.5. The molecule has 0 aromatic heterocycles. The molecule has 180 valence electrons. The molecule has 1 unspecified atom stereocenters. The molecule has 1 saturated heterocycles. The standard InChI is InChI=1S/C26H36N2O5/c1-6-26(2)13-7-15-28(17-26)25(29)20-16-21(23(31-4)24(32-5)22(20)30-3)33-19-10-8-18(9-11-19)12-14-27/h8-11,16H,6-7,12-15,17,27H2,1-5H3. The zero-order valence-electron chi connectivity index (χ0n) is 20.4. The highest BCUT2D eigenvalue weighted by Gasteiger charge is 2.34. The average molecular weight is 457 g/mol. The van der Waals surface area contributed by atoms with E-state index in [0.717, 1.165) is 31.2 Å². The number of hydrogen-bond acceptors (Lipinski definition) is 6. The van der Waals surface area contributed by atoms with Crippen molar-refractivity contribution in [2.75, 3.05) is 41.0 Å². The van der Waals surface area contributed by atoms with Gasteiger partial charge in [-0.05, 0) is 55.3 Å². The molecule has 7 nitrogen and oxygen atoms in total. The molecule has 0 spiro atoms. The summed E-state index contributed by atoms with van der Waals surface area (Å²) in [6.45, 7) is 6.42. The van der Waals surface area contributed by atoms with Gasteiger partial charge in [0.05, 0.1) is 26.9 Å². The summed E-state index contributed by atoms with van der Waals surface area (Å²) in [5.74, 6) is 1.95. The fourth-order valence-electron chi connectivity index (χ4n) is 4.38. The van der Waals surface area contributed by atoms with Gasteiger partial charge >= 0.3 is 0 Å². The van der Waals surface area contributed by atoms with Gasteiger partial charge in [0, 0.05) is 19.2 Å². The first-order valence-corrected chi connectivity index (χ1v) is 11.5. The molecule has 0 radical (unpaired) electrons. The van der Waals surface area contributed by atoms with E-state index in [-0.39, 0.29) is 11.3 Å². The van der Waals surface area contributed by atoms with Crippen LogP contribution < -0.4 is 24.7 Å². The molecule has 1 heterocycles. The average Bonchev–Trinajstić information content (AvgIpc) is 2.84. The van der Waals surface area contributed by atoms with Crippen molar-refractivity contribution >= 4 is 5.91 Å². The lowest BCUT2D eigenvalue weighted by atomic mass is 9.79. The Morgan fingerprint density at radius 3 is 2.30 bits per heavy atom. The minimum absolute atomic E-state index is 0.102. The van der Waals surface area contributed by atoms with Crippen molar-refractivity contribution in [3.8, 4) is 28.7 Å². The number of rotatable bonds is 9. The Morgan fingerprint density at radius 2 is 1.73 bits per heavy atom. The van der Waals surface area contributed by atoms with Crippen LogP contribution in [0.1, 0.15) is 49.0 Å². The third-order valence-electron chi connectivity index (χ3n) is 6.50. The van der Waals surface area contributed by atoms with E-state index >= 15 is 0 Å². The summed E-state index contributed by atoms with van der Waals surface area (Å²) >= 11 is 0. The molecule has 0 saturated carbocycles. The monoisotopic (exact) mass is 456 g/mol. The summed E-state index contributed by atoms with van der Waals surface area (Å²) in [7, 11) is 4.58. The van der Waals surface area contributed by atoms with Crippen molar-refractivity contribution in [3.63, 3.8) is 0 Å². The van der Waals surface area contributed by atoms with Crippen LogP contribution in [0.25, 0.3) is 0 Å². The summed E-state index contributed by atoms with van der Waals surface area (Å²) in [4.78, 5) is 15.6. The maximum atomic E-state index is 13.7. The smallest absolute Gasteiger partial charge is 0.257 e. The third kappa shape index (κ3) is 5.36. The van der Waals surface area contributed by atoms with Crippen LogP contribution in [0.4, 0.5) is 0 Å². The number of methoxy groups -OCH3 is 3. The molecule has 7 heteroatoms. The van der Waals surface area contributed by atoms with E-state index in [4.69, 9.17) is 24.7 Å². The highest BCUT2D eigenvalue weighted by Crippen LogP contribution is 2.48. The van der Waals surface area contributed by atoms with Crippen molar-refractivity contribution in [2.24, 2.45) is 11.1 Å². The fourth-order valence-corrected chi connectivity index (χ4v) is 4.38. The van der Waals surface area contributed by atoms with Crippen molar-refractivity contribution in [2.45, 2.75) is 39.5 Å². The van der Waals surface area contributed by atoms with E-state index in [2.05, 4.69) is 13.8 Å². The molecule has 0 bridgehead atoms. The van der Waals surface area contributed by atoms with Crippen molar-refractivity contribution in [1.29, 1.82) is 0 Å². The summed E-state index contributed by atoms with van der Waals surface area (Å²) in [5, 5.41) is 0. The molecule has 1 aliphatic rings. The highest BCUT2D eigenvalue weighted by atomic mass is 16.5. The summed E-state index contributed by atoms with van der Waals surface area (Å²) in [6, 6.07) is 9.38. The molecule has 0 aliphatic carbocycles. The zero-order valence-corrected chi connectivity index (χ0v) is 20.4. The Balaban J connectivity index is 2.01. The van der Waals surface area contributed by atoms with Gasteiger partial charge in [-0.1, -0.05) is 26.0 Å². The highest BCUT2D eigenvalue weighted by molar-refractivity contribution is 5.99. The van der Waals surface area contributed by atoms with Crippen LogP contribution in [0, 0.1) is 5.41 Å². The van der Waals surface area contributed by atoms with Gasteiger partial charge in [0.15, 0.2) is 11.5 Å². The maximum absolute atomic E-state index is 13.7. The third-order valence-corrected chi connectivity index (χ3v) is 6.50. The fraction of sp³-hybridized carbons (Fsp3) is 0.500. The van der Waals surface area contributed by atoms with Gasteiger partial charge in [-0.2, -0.15) is 0 Å². The van der Waals surface area contributed by atoms with Crippen LogP contribution in [-0.4, -0.2) is 51.8 Å². The number of likely N-dealkylation sites (tertiary alicyclic amines) is 1. The van der Waals surface area contributed by atoms with Crippen LogP contribution in [-0.2, 0) is 6.42 Å². The number of piperidine rings is 1. The van der Waals surface area contributed by atoms with Crippen LogP contribution in [0.5, 0.6) is 28.7 Å². The Bertz CT molecular complexity index is 960. The summed E-state index contributed by atoms with van der Waals surface area (Å²) < 4.78 is 23.0. The lowest BCUT2D eigenvalue weighted by Crippen LogP contribution is -2.44. The molecule has 1 fully saturated rings. The second kappa shape index (κ2) is 10.8. The SMILES string of the molecule is CCC1(C)CCCN(C(=O)c2cc(Oc3ccc(CCN)cc3)c(OC)c(OC)c2OC)C1. The van der Waals surface area contributed by atoms with Crippen molar-refractivity contribution < 1.29 is 23.7 Å². The van der Waals surface area contributed by atoms with E-state index in [1.165, 1.54) is 21.3 Å². The van der Waals surface area contributed by atoms with Crippen molar-refractivity contribution in [1.82, 2.24) is 4.90 Å². The van der Waals surface area contributed by atoms with Gasteiger partial charge in [-0.15, -0.1) is 0 Å². The molecule has 1 aliphatic heterocycles.